The van der Waals surface area contributed by atoms with E-state index in [-0.39, 0.29) is 11.2 Å². The first-order chi connectivity index (χ1) is 8.61. The van der Waals surface area contributed by atoms with Gasteiger partial charge in [0.1, 0.15) is 5.82 Å². The lowest BCUT2D eigenvalue weighted by atomic mass is 9.69. The van der Waals surface area contributed by atoms with E-state index in [1.807, 2.05) is 6.07 Å². The number of allylic oxidation sites excluding steroid dienone is 2. The smallest absolute Gasteiger partial charge is 0.127 e. The minimum Gasteiger partial charge on any atom is -0.207 e. The van der Waals surface area contributed by atoms with Crippen LogP contribution in [0.2, 0.25) is 0 Å². The molecule has 1 saturated carbocycles. The minimum absolute atomic E-state index is 0.0213. The van der Waals surface area contributed by atoms with Crippen LogP contribution >= 0.6 is 0 Å². The lowest BCUT2D eigenvalue weighted by Crippen LogP contribution is -2.27. The van der Waals surface area contributed by atoms with Crippen LogP contribution in [0.15, 0.2) is 24.3 Å². The summed E-state index contributed by atoms with van der Waals surface area (Å²) < 4.78 is 14.3. The Hall–Kier alpha value is -1.62. The Labute approximate surface area is 107 Å². The first kappa shape index (κ1) is 11.5. The summed E-state index contributed by atoms with van der Waals surface area (Å²) in [6.45, 7) is 4.38. The van der Waals surface area contributed by atoms with Crippen LogP contribution in [0.5, 0.6) is 0 Å². The minimum atomic E-state index is -0.104. The molecule has 18 heavy (non-hydrogen) atoms. The maximum absolute atomic E-state index is 14.3. The van der Waals surface area contributed by atoms with Gasteiger partial charge in [-0.25, -0.2) is 4.39 Å². The number of hydrogen-bond donors (Lipinski definition) is 0. The lowest BCUT2D eigenvalue weighted by molar-refractivity contribution is 0.392. The van der Waals surface area contributed by atoms with Gasteiger partial charge in [-0.15, -0.1) is 0 Å². The average Bonchev–Trinajstić information content (AvgIpc) is 2.99. The highest BCUT2D eigenvalue weighted by Crippen LogP contribution is 2.64. The molecule has 0 aromatic heterocycles. The Bertz CT molecular complexity index is 581. The van der Waals surface area contributed by atoms with E-state index in [1.165, 1.54) is 0 Å². The van der Waals surface area contributed by atoms with Crippen molar-refractivity contribution in [1.82, 2.24) is 0 Å². The Balaban J connectivity index is 2.26. The number of halogens is 1. The Morgan fingerprint density at radius 2 is 2.11 bits per heavy atom. The van der Waals surface area contributed by atoms with Crippen LogP contribution in [0.1, 0.15) is 37.8 Å². The van der Waals surface area contributed by atoms with Crippen LogP contribution in [0.25, 0.3) is 5.57 Å². The summed E-state index contributed by atoms with van der Waals surface area (Å²) in [6.07, 6.45) is 3.53. The molecular weight excluding hydrogens is 225 g/mol. The second-order valence-electron chi connectivity index (χ2n) is 5.71. The number of nitriles is 1. The van der Waals surface area contributed by atoms with Gasteiger partial charge in [-0.3, -0.25) is 0 Å². The molecule has 0 bridgehead atoms. The van der Waals surface area contributed by atoms with Crippen molar-refractivity contribution in [3.05, 3.63) is 41.2 Å². The molecule has 1 fully saturated rings. The van der Waals surface area contributed by atoms with Crippen molar-refractivity contribution in [2.75, 3.05) is 0 Å². The van der Waals surface area contributed by atoms with Crippen molar-refractivity contribution in [2.45, 2.75) is 32.1 Å². The molecule has 2 aliphatic rings. The summed E-state index contributed by atoms with van der Waals surface area (Å²) in [7, 11) is 0. The second-order valence-corrected chi connectivity index (χ2v) is 5.71. The van der Waals surface area contributed by atoms with Crippen LogP contribution in [0, 0.1) is 29.0 Å². The fourth-order valence-corrected chi connectivity index (χ4v) is 3.83. The van der Waals surface area contributed by atoms with E-state index in [1.54, 1.807) is 18.2 Å². The van der Waals surface area contributed by atoms with Gasteiger partial charge in [0.15, 0.2) is 0 Å². The molecule has 0 aliphatic heterocycles. The molecule has 0 saturated heterocycles. The van der Waals surface area contributed by atoms with Crippen molar-refractivity contribution < 1.29 is 4.39 Å². The van der Waals surface area contributed by atoms with Crippen molar-refractivity contribution in [1.29, 1.82) is 5.26 Å². The SMILES string of the molecule is CC1CC(=CC#N)c2cccc(F)c2C12CC2C. The Kier molecular flexibility index (Phi) is 2.35. The number of nitrogens with zero attached hydrogens (tertiary/aromatic N) is 1. The predicted molar refractivity (Wildman–Crippen MR) is 69.2 cm³/mol. The molecule has 0 N–H and O–H groups in total. The zero-order valence-electron chi connectivity index (χ0n) is 10.7. The molecule has 92 valence electrons. The largest absolute Gasteiger partial charge is 0.207 e. The van der Waals surface area contributed by atoms with Gasteiger partial charge in [-0.05, 0) is 41.9 Å². The molecule has 1 spiro atoms. The molecule has 2 aliphatic carbocycles. The van der Waals surface area contributed by atoms with Gasteiger partial charge in [0.2, 0.25) is 0 Å². The standard InChI is InChI=1S/C16H16FN/c1-10-8-12(6-7-18)13-4-3-5-14(17)15(13)16(10)9-11(16)2/h3-6,10-11H,8-9H2,1-2H3. The zero-order valence-corrected chi connectivity index (χ0v) is 10.7. The van der Waals surface area contributed by atoms with E-state index >= 15 is 0 Å². The van der Waals surface area contributed by atoms with Crippen LogP contribution in [0.4, 0.5) is 4.39 Å². The van der Waals surface area contributed by atoms with Gasteiger partial charge in [-0.1, -0.05) is 26.0 Å². The van der Waals surface area contributed by atoms with Crippen LogP contribution in [0.3, 0.4) is 0 Å². The van der Waals surface area contributed by atoms with E-state index in [0.717, 1.165) is 29.5 Å². The van der Waals surface area contributed by atoms with E-state index < -0.39 is 0 Å². The predicted octanol–water partition coefficient (Wildman–Crippen LogP) is 4.05. The molecule has 3 unspecified atom stereocenters. The van der Waals surface area contributed by atoms with Crippen LogP contribution < -0.4 is 0 Å². The van der Waals surface area contributed by atoms with Gasteiger partial charge in [0.25, 0.3) is 0 Å². The Morgan fingerprint density at radius 3 is 2.72 bits per heavy atom. The quantitative estimate of drug-likeness (QED) is 0.629. The molecule has 1 nitrogen and oxygen atoms in total. The molecule has 2 heteroatoms. The monoisotopic (exact) mass is 241 g/mol. The third-order valence-electron chi connectivity index (χ3n) is 4.83. The van der Waals surface area contributed by atoms with Crippen molar-refractivity contribution in [3.63, 3.8) is 0 Å². The highest BCUT2D eigenvalue weighted by Gasteiger charge is 2.59. The van der Waals surface area contributed by atoms with Crippen molar-refractivity contribution in [3.8, 4) is 6.07 Å². The molecule has 0 heterocycles. The molecule has 1 aromatic carbocycles. The maximum atomic E-state index is 14.3. The summed E-state index contributed by atoms with van der Waals surface area (Å²) in [4.78, 5) is 0. The van der Waals surface area contributed by atoms with Gasteiger partial charge in [0.05, 0.1) is 6.07 Å². The summed E-state index contributed by atoms with van der Waals surface area (Å²) in [5.74, 6) is 0.857. The van der Waals surface area contributed by atoms with Crippen molar-refractivity contribution in [2.24, 2.45) is 11.8 Å². The maximum Gasteiger partial charge on any atom is 0.127 e. The normalized spacial score (nSPS) is 35.3. The highest BCUT2D eigenvalue weighted by molar-refractivity contribution is 5.75. The summed E-state index contributed by atoms with van der Waals surface area (Å²) in [6, 6.07) is 7.35. The first-order valence-corrected chi connectivity index (χ1v) is 6.49. The molecular formula is C16H16FN. The summed E-state index contributed by atoms with van der Waals surface area (Å²) in [5.41, 5.74) is 2.83. The first-order valence-electron chi connectivity index (χ1n) is 6.49. The lowest BCUT2D eigenvalue weighted by Gasteiger charge is -2.34. The average molecular weight is 241 g/mol. The fraction of sp³-hybridized carbons (Fsp3) is 0.438. The number of hydrogen-bond acceptors (Lipinski definition) is 1. The van der Waals surface area contributed by atoms with Gasteiger partial charge in [0, 0.05) is 17.1 Å². The van der Waals surface area contributed by atoms with Crippen LogP contribution in [-0.2, 0) is 5.41 Å². The topological polar surface area (TPSA) is 23.8 Å². The molecule has 0 radical (unpaired) electrons. The zero-order chi connectivity index (χ0) is 12.9. The van der Waals surface area contributed by atoms with Gasteiger partial charge >= 0.3 is 0 Å². The van der Waals surface area contributed by atoms with Crippen molar-refractivity contribution >= 4 is 5.57 Å². The van der Waals surface area contributed by atoms with Gasteiger partial charge < -0.3 is 0 Å². The van der Waals surface area contributed by atoms with E-state index in [9.17, 15) is 4.39 Å². The molecule has 3 rings (SSSR count). The summed E-state index contributed by atoms with van der Waals surface area (Å²) >= 11 is 0. The highest BCUT2D eigenvalue weighted by atomic mass is 19.1. The summed E-state index contributed by atoms with van der Waals surface area (Å²) in [5, 5.41) is 8.88. The van der Waals surface area contributed by atoms with E-state index in [4.69, 9.17) is 5.26 Å². The van der Waals surface area contributed by atoms with Gasteiger partial charge in [-0.2, -0.15) is 5.26 Å². The second kappa shape index (κ2) is 3.68. The third-order valence-corrected chi connectivity index (χ3v) is 4.83. The molecule has 0 amide bonds. The van der Waals surface area contributed by atoms with E-state index in [2.05, 4.69) is 19.9 Å². The molecule has 3 atom stereocenters. The Morgan fingerprint density at radius 1 is 1.39 bits per heavy atom. The van der Waals surface area contributed by atoms with Crippen LogP contribution in [-0.4, -0.2) is 0 Å². The van der Waals surface area contributed by atoms with E-state index in [0.29, 0.717) is 11.8 Å². The number of fused-ring (bicyclic) bond motifs is 2. The molecule has 1 aromatic rings. The third kappa shape index (κ3) is 1.31. The fourth-order valence-electron chi connectivity index (χ4n) is 3.83. The number of benzene rings is 1. The number of rotatable bonds is 0.